The van der Waals surface area contributed by atoms with E-state index in [4.69, 9.17) is 0 Å². The second-order valence-electron chi connectivity index (χ2n) is 5.09. The van der Waals surface area contributed by atoms with Gasteiger partial charge in [-0.3, -0.25) is 4.90 Å². The molecule has 0 bridgehead atoms. The minimum absolute atomic E-state index is 0.577. The summed E-state index contributed by atoms with van der Waals surface area (Å²) >= 11 is 1.91. The molecule has 2 rings (SSSR count). The first-order valence-electron chi connectivity index (χ1n) is 6.68. The summed E-state index contributed by atoms with van der Waals surface area (Å²) < 4.78 is 0. The van der Waals surface area contributed by atoms with E-state index in [1.54, 1.807) is 4.88 Å². The summed E-state index contributed by atoms with van der Waals surface area (Å²) in [4.78, 5) is 4.24. The fraction of sp³-hybridized carbons (Fsp3) is 0.714. The number of nitrogens with one attached hydrogen (secondary N) is 1. The van der Waals surface area contributed by atoms with E-state index in [0.717, 1.165) is 6.54 Å². The van der Waals surface area contributed by atoms with Crippen LogP contribution < -0.4 is 5.32 Å². The Morgan fingerprint density at radius 3 is 3.00 bits per heavy atom. The van der Waals surface area contributed by atoms with Gasteiger partial charge in [-0.1, -0.05) is 6.42 Å². The van der Waals surface area contributed by atoms with Gasteiger partial charge in [-0.05, 0) is 57.3 Å². The van der Waals surface area contributed by atoms with Gasteiger partial charge in [0, 0.05) is 23.5 Å². The SMILES string of the molecule is CNCC1CCCCN1C(C)c1sccc1C. The number of thiophene rings is 1. The van der Waals surface area contributed by atoms with Crippen LogP contribution in [0.3, 0.4) is 0 Å². The Bertz CT molecular complexity index is 346. The van der Waals surface area contributed by atoms with E-state index >= 15 is 0 Å². The molecule has 1 aliphatic rings. The van der Waals surface area contributed by atoms with Gasteiger partial charge in [0.25, 0.3) is 0 Å². The zero-order chi connectivity index (χ0) is 12.3. The fourth-order valence-corrected chi connectivity index (χ4v) is 3.96. The van der Waals surface area contributed by atoms with E-state index in [0.29, 0.717) is 12.1 Å². The molecule has 2 heterocycles. The van der Waals surface area contributed by atoms with Crippen molar-refractivity contribution in [3.8, 4) is 0 Å². The number of piperidine rings is 1. The van der Waals surface area contributed by atoms with Gasteiger partial charge in [0.05, 0.1) is 0 Å². The molecule has 2 unspecified atom stereocenters. The highest BCUT2D eigenvalue weighted by Crippen LogP contribution is 2.32. The molecule has 0 amide bonds. The predicted molar refractivity (Wildman–Crippen MR) is 75.7 cm³/mol. The minimum atomic E-state index is 0.577. The van der Waals surface area contributed by atoms with E-state index in [1.807, 2.05) is 11.3 Å². The molecule has 0 saturated carbocycles. The molecule has 1 saturated heterocycles. The minimum Gasteiger partial charge on any atom is -0.318 e. The molecule has 1 fully saturated rings. The van der Waals surface area contributed by atoms with Crippen molar-refractivity contribution in [2.75, 3.05) is 20.1 Å². The van der Waals surface area contributed by atoms with Crippen LogP contribution in [0.5, 0.6) is 0 Å². The summed E-state index contributed by atoms with van der Waals surface area (Å²) in [5.74, 6) is 0. The third-order valence-electron chi connectivity index (χ3n) is 3.89. The smallest absolute Gasteiger partial charge is 0.0419 e. The lowest BCUT2D eigenvalue weighted by Gasteiger charge is -2.39. The molecule has 0 spiro atoms. The van der Waals surface area contributed by atoms with Gasteiger partial charge < -0.3 is 5.32 Å². The third-order valence-corrected chi connectivity index (χ3v) is 5.08. The summed E-state index contributed by atoms with van der Waals surface area (Å²) in [5, 5.41) is 5.56. The second-order valence-corrected chi connectivity index (χ2v) is 6.04. The van der Waals surface area contributed by atoms with Gasteiger partial charge in [-0.15, -0.1) is 11.3 Å². The summed E-state index contributed by atoms with van der Waals surface area (Å²) in [7, 11) is 2.06. The lowest BCUT2D eigenvalue weighted by Crippen LogP contribution is -2.45. The highest BCUT2D eigenvalue weighted by atomic mass is 32.1. The Labute approximate surface area is 109 Å². The van der Waals surface area contributed by atoms with E-state index in [9.17, 15) is 0 Å². The van der Waals surface area contributed by atoms with E-state index in [-0.39, 0.29) is 0 Å². The Balaban J connectivity index is 2.10. The predicted octanol–water partition coefficient (Wildman–Crippen LogP) is 3.19. The average molecular weight is 252 g/mol. The lowest BCUT2D eigenvalue weighted by atomic mass is 9.99. The summed E-state index contributed by atoms with van der Waals surface area (Å²) in [6.07, 6.45) is 4.09. The van der Waals surface area contributed by atoms with Gasteiger partial charge in [-0.2, -0.15) is 0 Å². The van der Waals surface area contributed by atoms with Crippen molar-refractivity contribution >= 4 is 11.3 Å². The Hall–Kier alpha value is -0.380. The van der Waals surface area contributed by atoms with Gasteiger partial charge in [0.1, 0.15) is 0 Å². The molecule has 2 nitrogen and oxygen atoms in total. The molecule has 1 aromatic heterocycles. The fourth-order valence-electron chi connectivity index (χ4n) is 2.95. The topological polar surface area (TPSA) is 15.3 Å². The third kappa shape index (κ3) is 2.90. The maximum absolute atomic E-state index is 3.34. The van der Waals surface area contributed by atoms with E-state index in [1.165, 1.54) is 31.4 Å². The highest BCUT2D eigenvalue weighted by Gasteiger charge is 2.27. The zero-order valence-electron chi connectivity index (χ0n) is 11.2. The van der Waals surface area contributed by atoms with Crippen molar-refractivity contribution in [3.05, 3.63) is 21.9 Å². The number of nitrogens with zero attached hydrogens (tertiary/aromatic N) is 1. The maximum atomic E-state index is 3.34. The van der Waals surface area contributed by atoms with Crippen molar-refractivity contribution in [1.29, 1.82) is 0 Å². The number of rotatable bonds is 4. The molecule has 1 aromatic rings. The summed E-state index contributed by atoms with van der Waals surface area (Å²) in [6.45, 7) is 6.98. The first-order valence-corrected chi connectivity index (χ1v) is 7.56. The van der Waals surface area contributed by atoms with Crippen molar-refractivity contribution in [2.24, 2.45) is 0 Å². The molecule has 1 N–H and O–H groups in total. The summed E-state index contributed by atoms with van der Waals surface area (Å²) in [5.41, 5.74) is 1.45. The largest absolute Gasteiger partial charge is 0.318 e. The molecule has 96 valence electrons. The standard InChI is InChI=1S/C14H24N2S/c1-11-7-9-17-14(11)12(2)16-8-5-4-6-13(16)10-15-3/h7,9,12-13,15H,4-6,8,10H2,1-3H3. The number of hydrogen-bond donors (Lipinski definition) is 1. The summed E-state index contributed by atoms with van der Waals surface area (Å²) in [6, 6.07) is 3.53. The van der Waals surface area contributed by atoms with Crippen molar-refractivity contribution in [3.63, 3.8) is 0 Å². The molecule has 0 radical (unpaired) electrons. The van der Waals surface area contributed by atoms with Crippen LogP contribution in [0.1, 0.15) is 42.7 Å². The number of likely N-dealkylation sites (N-methyl/N-ethyl adjacent to an activating group) is 1. The van der Waals surface area contributed by atoms with E-state index in [2.05, 4.69) is 42.6 Å². The van der Waals surface area contributed by atoms with Crippen molar-refractivity contribution in [2.45, 2.75) is 45.2 Å². The Morgan fingerprint density at radius 1 is 1.53 bits per heavy atom. The van der Waals surface area contributed by atoms with Gasteiger partial charge in [0.2, 0.25) is 0 Å². The molecule has 17 heavy (non-hydrogen) atoms. The van der Waals surface area contributed by atoms with Crippen LogP contribution in [0.2, 0.25) is 0 Å². The quantitative estimate of drug-likeness (QED) is 0.885. The monoisotopic (exact) mass is 252 g/mol. The van der Waals surface area contributed by atoms with Crippen LogP contribution in [-0.4, -0.2) is 31.1 Å². The normalized spacial score (nSPS) is 23.8. The van der Waals surface area contributed by atoms with Crippen LogP contribution in [0.25, 0.3) is 0 Å². The molecule has 0 aromatic carbocycles. The van der Waals surface area contributed by atoms with E-state index < -0.39 is 0 Å². The first kappa shape index (κ1) is 13.1. The Morgan fingerprint density at radius 2 is 2.35 bits per heavy atom. The van der Waals surface area contributed by atoms with Crippen LogP contribution >= 0.6 is 11.3 Å². The highest BCUT2D eigenvalue weighted by molar-refractivity contribution is 7.10. The zero-order valence-corrected chi connectivity index (χ0v) is 12.0. The van der Waals surface area contributed by atoms with Crippen molar-refractivity contribution in [1.82, 2.24) is 10.2 Å². The first-order chi connectivity index (χ1) is 8.24. The second kappa shape index (κ2) is 5.98. The molecule has 1 aliphatic heterocycles. The molecular formula is C14H24N2S. The number of hydrogen-bond acceptors (Lipinski definition) is 3. The van der Waals surface area contributed by atoms with Crippen LogP contribution in [0, 0.1) is 6.92 Å². The lowest BCUT2D eigenvalue weighted by molar-refractivity contribution is 0.105. The van der Waals surface area contributed by atoms with Crippen molar-refractivity contribution < 1.29 is 0 Å². The molecular weight excluding hydrogens is 228 g/mol. The van der Waals surface area contributed by atoms with Crippen LogP contribution in [-0.2, 0) is 0 Å². The Kier molecular flexibility index (Phi) is 4.60. The van der Waals surface area contributed by atoms with Gasteiger partial charge in [-0.25, -0.2) is 0 Å². The van der Waals surface area contributed by atoms with Crippen LogP contribution in [0.15, 0.2) is 11.4 Å². The van der Waals surface area contributed by atoms with Gasteiger partial charge >= 0.3 is 0 Å². The maximum Gasteiger partial charge on any atom is 0.0419 e. The molecule has 2 atom stereocenters. The number of likely N-dealkylation sites (tertiary alicyclic amines) is 1. The van der Waals surface area contributed by atoms with Gasteiger partial charge in [0.15, 0.2) is 0 Å². The number of aryl methyl sites for hydroxylation is 1. The van der Waals surface area contributed by atoms with Crippen LogP contribution in [0.4, 0.5) is 0 Å². The molecule has 0 aliphatic carbocycles. The average Bonchev–Trinajstić information content (AvgIpc) is 2.76. The molecule has 3 heteroatoms.